The number of benzene rings is 2. The fourth-order valence-corrected chi connectivity index (χ4v) is 4.03. The second-order valence-electron chi connectivity index (χ2n) is 5.57. The van der Waals surface area contributed by atoms with Crippen molar-refractivity contribution in [3.63, 3.8) is 0 Å². The predicted octanol–water partition coefficient (Wildman–Crippen LogP) is 2.98. The molecule has 3 rings (SSSR count). The van der Waals surface area contributed by atoms with E-state index in [0.29, 0.717) is 17.8 Å². The molecule has 0 bridgehead atoms. The zero-order chi connectivity index (χ0) is 17.9. The van der Waals surface area contributed by atoms with Gasteiger partial charge < -0.3 is 5.32 Å². The summed E-state index contributed by atoms with van der Waals surface area (Å²) in [5.74, 6) is 0. The smallest absolute Gasteiger partial charge is 0.268 e. The average Bonchev–Trinajstić information content (AvgIpc) is 3.08. The van der Waals surface area contributed by atoms with Crippen LogP contribution in [-0.2, 0) is 16.6 Å². The van der Waals surface area contributed by atoms with E-state index in [2.05, 4.69) is 5.32 Å². The van der Waals surface area contributed by atoms with E-state index in [4.69, 9.17) is 5.26 Å². The van der Waals surface area contributed by atoms with Gasteiger partial charge in [-0.3, -0.25) is 0 Å². The van der Waals surface area contributed by atoms with Gasteiger partial charge in [0.15, 0.2) is 0 Å². The summed E-state index contributed by atoms with van der Waals surface area (Å²) in [6.07, 6.45) is 1.63. The third-order valence-corrected chi connectivity index (χ3v) is 5.52. The van der Waals surface area contributed by atoms with Crippen LogP contribution in [0.2, 0.25) is 0 Å². The van der Waals surface area contributed by atoms with Crippen LogP contribution in [0.1, 0.15) is 11.1 Å². The fourth-order valence-electron chi connectivity index (χ4n) is 2.63. The highest BCUT2D eigenvalue weighted by molar-refractivity contribution is 7.90. The van der Waals surface area contributed by atoms with Gasteiger partial charge in [-0.05, 0) is 48.5 Å². The molecule has 0 atom stereocenters. The molecule has 0 aliphatic rings. The van der Waals surface area contributed by atoms with Crippen LogP contribution >= 0.6 is 0 Å². The maximum absolute atomic E-state index is 13.1. The molecule has 126 valence electrons. The summed E-state index contributed by atoms with van der Waals surface area (Å²) >= 11 is 0. The number of nitrogens with zero attached hydrogens (tertiary/aromatic N) is 2. The molecule has 6 heteroatoms. The molecule has 25 heavy (non-hydrogen) atoms. The first-order chi connectivity index (χ1) is 12.1. The molecule has 0 saturated heterocycles. The van der Waals surface area contributed by atoms with Crippen molar-refractivity contribution in [3.05, 3.63) is 78.0 Å². The quantitative estimate of drug-likeness (QED) is 0.767. The molecule has 1 aromatic heterocycles. The van der Waals surface area contributed by atoms with Gasteiger partial charge in [0.25, 0.3) is 10.0 Å². The van der Waals surface area contributed by atoms with Crippen molar-refractivity contribution in [2.45, 2.75) is 11.4 Å². The van der Waals surface area contributed by atoms with Crippen LogP contribution in [0.15, 0.2) is 71.8 Å². The highest BCUT2D eigenvalue weighted by Gasteiger charge is 2.21. The lowest BCUT2D eigenvalue weighted by atomic mass is 10.1. The van der Waals surface area contributed by atoms with Gasteiger partial charge in [0.1, 0.15) is 0 Å². The Balaban J connectivity index is 2.15. The van der Waals surface area contributed by atoms with E-state index in [0.717, 1.165) is 11.1 Å². The maximum Gasteiger partial charge on any atom is 0.268 e. The normalized spacial score (nSPS) is 11.2. The Morgan fingerprint density at radius 2 is 1.76 bits per heavy atom. The Hall–Kier alpha value is -2.88. The summed E-state index contributed by atoms with van der Waals surface area (Å²) in [6.45, 7) is 0.565. The first-order valence-electron chi connectivity index (χ1n) is 7.73. The van der Waals surface area contributed by atoms with E-state index in [-0.39, 0.29) is 4.90 Å². The van der Waals surface area contributed by atoms with Gasteiger partial charge in [0, 0.05) is 12.7 Å². The molecule has 1 heterocycles. The highest BCUT2D eigenvalue weighted by atomic mass is 32.2. The van der Waals surface area contributed by atoms with E-state index >= 15 is 0 Å². The topological polar surface area (TPSA) is 74.9 Å². The van der Waals surface area contributed by atoms with E-state index in [1.807, 2.05) is 49.5 Å². The lowest BCUT2D eigenvalue weighted by Gasteiger charge is -2.10. The predicted molar refractivity (Wildman–Crippen MR) is 96.4 cm³/mol. The highest BCUT2D eigenvalue weighted by Crippen LogP contribution is 2.27. The molecule has 0 aliphatic carbocycles. The molecule has 0 amide bonds. The molecule has 0 saturated carbocycles. The SMILES string of the molecule is CNCc1cc(-c2ccccc2)n(S(=O)(=O)c2ccc(C#N)cc2)c1. The molecule has 0 radical (unpaired) electrons. The molecule has 2 aromatic carbocycles. The molecule has 0 spiro atoms. The van der Waals surface area contributed by atoms with Gasteiger partial charge in [-0.25, -0.2) is 12.4 Å². The lowest BCUT2D eigenvalue weighted by Crippen LogP contribution is -2.13. The summed E-state index contributed by atoms with van der Waals surface area (Å²) in [5.41, 5.74) is 2.72. The molecular weight excluding hydrogens is 334 g/mol. The van der Waals surface area contributed by atoms with Crippen LogP contribution in [-0.4, -0.2) is 19.4 Å². The number of hydrogen-bond acceptors (Lipinski definition) is 4. The Morgan fingerprint density at radius 3 is 2.36 bits per heavy atom. The van der Waals surface area contributed by atoms with Gasteiger partial charge >= 0.3 is 0 Å². The van der Waals surface area contributed by atoms with Crippen molar-refractivity contribution < 1.29 is 8.42 Å². The minimum atomic E-state index is -3.76. The van der Waals surface area contributed by atoms with Crippen molar-refractivity contribution in [3.8, 4) is 17.3 Å². The van der Waals surface area contributed by atoms with Crippen LogP contribution < -0.4 is 5.32 Å². The summed E-state index contributed by atoms with van der Waals surface area (Å²) < 4.78 is 27.5. The van der Waals surface area contributed by atoms with Crippen molar-refractivity contribution in [2.75, 3.05) is 7.05 Å². The summed E-state index contributed by atoms with van der Waals surface area (Å²) in [5, 5.41) is 11.9. The van der Waals surface area contributed by atoms with Gasteiger partial charge in [-0.1, -0.05) is 30.3 Å². The molecule has 0 unspecified atom stereocenters. The largest absolute Gasteiger partial charge is 0.316 e. The summed E-state index contributed by atoms with van der Waals surface area (Å²) in [7, 11) is -1.95. The maximum atomic E-state index is 13.1. The first-order valence-corrected chi connectivity index (χ1v) is 9.17. The third kappa shape index (κ3) is 3.33. The number of hydrogen-bond donors (Lipinski definition) is 1. The molecule has 1 N–H and O–H groups in total. The first kappa shape index (κ1) is 17.0. The number of nitriles is 1. The van der Waals surface area contributed by atoms with Crippen molar-refractivity contribution >= 4 is 10.0 Å². The summed E-state index contributed by atoms with van der Waals surface area (Å²) in [6, 6.07) is 19.2. The van der Waals surface area contributed by atoms with E-state index in [1.165, 1.54) is 28.2 Å². The van der Waals surface area contributed by atoms with E-state index in [9.17, 15) is 8.42 Å². The molecule has 5 nitrogen and oxygen atoms in total. The molecular formula is C19H17N3O2S. The van der Waals surface area contributed by atoms with Gasteiger partial charge in [-0.15, -0.1) is 0 Å². The Labute approximate surface area is 147 Å². The minimum absolute atomic E-state index is 0.148. The molecule has 3 aromatic rings. The second-order valence-corrected chi connectivity index (χ2v) is 7.38. The van der Waals surface area contributed by atoms with Gasteiger partial charge in [0.2, 0.25) is 0 Å². The van der Waals surface area contributed by atoms with Crippen molar-refractivity contribution in [1.29, 1.82) is 5.26 Å². The van der Waals surface area contributed by atoms with Crippen LogP contribution in [0.5, 0.6) is 0 Å². The second kappa shape index (κ2) is 6.93. The van der Waals surface area contributed by atoms with Crippen molar-refractivity contribution in [1.82, 2.24) is 9.29 Å². The van der Waals surface area contributed by atoms with Gasteiger partial charge in [0.05, 0.1) is 22.2 Å². The van der Waals surface area contributed by atoms with Crippen LogP contribution in [0, 0.1) is 11.3 Å². The molecule has 0 fully saturated rings. The monoisotopic (exact) mass is 351 g/mol. The number of rotatable bonds is 5. The van der Waals surface area contributed by atoms with Crippen LogP contribution in [0.3, 0.4) is 0 Å². The Morgan fingerprint density at radius 1 is 1.08 bits per heavy atom. The zero-order valence-corrected chi connectivity index (χ0v) is 14.5. The fraction of sp³-hybridized carbons (Fsp3) is 0.105. The average molecular weight is 351 g/mol. The molecule has 0 aliphatic heterocycles. The standard InChI is InChI=1S/C19H17N3O2S/c1-21-13-16-11-19(17-5-3-2-4-6-17)22(14-16)25(23,24)18-9-7-15(12-20)8-10-18/h2-11,14,21H,13H2,1H3. The number of aromatic nitrogens is 1. The summed E-state index contributed by atoms with van der Waals surface area (Å²) in [4.78, 5) is 0.148. The van der Waals surface area contributed by atoms with E-state index < -0.39 is 10.0 Å². The Kier molecular flexibility index (Phi) is 4.70. The minimum Gasteiger partial charge on any atom is -0.316 e. The number of nitrogens with one attached hydrogen (secondary N) is 1. The van der Waals surface area contributed by atoms with Crippen LogP contribution in [0.25, 0.3) is 11.3 Å². The Bertz CT molecular complexity index is 1010. The zero-order valence-electron chi connectivity index (χ0n) is 13.7. The van der Waals surface area contributed by atoms with Crippen molar-refractivity contribution in [2.24, 2.45) is 0 Å². The van der Waals surface area contributed by atoms with Gasteiger partial charge in [-0.2, -0.15) is 5.26 Å². The lowest BCUT2D eigenvalue weighted by molar-refractivity contribution is 0.588. The van der Waals surface area contributed by atoms with Crippen LogP contribution in [0.4, 0.5) is 0 Å². The van der Waals surface area contributed by atoms with E-state index in [1.54, 1.807) is 6.20 Å². The third-order valence-electron chi connectivity index (χ3n) is 3.83.